The molecule has 0 aliphatic carbocycles. The molecule has 1 N–H and O–H groups in total. The minimum absolute atomic E-state index is 0.251. The maximum absolute atomic E-state index is 12.0. The lowest BCUT2D eigenvalue weighted by Gasteiger charge is -2.44. The summed E-state index contributed by atoms with van der Waals surface area (Å²) >= 11 is 5.52. The number of H-pyrrole nitrogens is 1. The molecule has 2 heterocycles. The van der Waals surface area contributed by atoms with Gasteiger partial charge in [0.15, 0.2) is 29.3 Å². The summed E-state index contributed by atoms with van der Waals surface area (Å²) in [6.07, 6.45) is -5.92. The van der Waals surface area contributed by atoms with Crippen molar-refractivity contribution in [3.8, 4) is 0 Å². The number of imidazole rings is 1. The Balaban J connectivity index is 2.18. The number of nitrogens with one attached hydrogen (secondary N) is 1. The molecule has 2 aromatic rings. The number of carbonyl (C=O) groups is 4. The Bertz CT molecular complexity index is 1170. The third kappa shape index (κ3) is 5.62. The maximum Gasteiger partial charge on any atom is 0.303 e. The fourth-order valence-corrected chi connectivity index (χ4v) is 4.22. The van der Waals surface area contributed by atoms with Crippen molar-refractivity contribution in [2.75, 3.05) is 6.61 Å². The highest BCUT2D eigenvalue weighted by Gasteiger charge is 2.53. The molecule has 1 aromatic heterocycles. The quantitative estimate of drug-likeness (QED) is 0.362. The van der Waals surface area contributed by atoms with Gasteiger partial charge in [-0.25, -0.2) is 0 Å². The molecule has 11 nitrogen and oxygen atoms in total. The number of nitrogens with zero attached hydrogens (tertiary/aromatic N) is 1. The minimum atomic E-state index is -1.28. The number of rotatable bonds is 6. The first-order valence-corrected chi connectivity index (χ1v) is 10.9. The van der Waals surface area contributed by atoms with E-state index in [-0.39, 0.29) is 11.4 Å². The molecule has 1 aliphatic rings. The number of aromatic amines is 1. The fourth-order valence-electron chi connectivity index (χ4n) is 3.91. The van der Waals surface area contributed by atoms with Crippen molar-refractivity contribution in [3.63, 3.8) is 0 Å². The SMILES string of the molecule is CC(=O)OC[C@H]1O[C@@H](n2c(=S)[nH]c3cc(C)ccc32)[C@H](OC(C)=O)[C@@H](OC(C)=O)[C@@H]1OC(C)=O. The highest BCUT2D eigenvalue weighted by molar-refractivity contribution is 7.71. The van der Waals surface area contributed by atoms with Gasteiger partial charge in [-0.2, -0.15) is 0 Å². The molecule has 0 saturated carbocycles. The molecule has 5 atom stereocenters. The number of esters is 4. The zero-order valence-electron chi connectivity index (χ0n) is 19.4. The van der Waals surface area contributed by atoms with Crippen LogP contribution < -0.4 is 0 Å². The molecule has 184 valence electrons. The van der Waals surface area contributed by atoms with E-state index >= 15 is 0 Å². The topological polar surface area (TPSA) is 135 Å². The van der Waals surface area contributed by atoms with Crippen molar-refractivity contribution in [2.45, 2.75) is 65.3 Å². The predicted octanol–water partition coefficient (Wildman–Crippen LogP) is 2.26. The van der Waals surface area contributed by atoms with Gasteiger partial charge in [-0.15, -0.1) is 0 Å². The normalized spacial score (nSPS) is 24.3. The van der Waals surface area contributed by atoms with Gasteiger partial charge in [0.05, 0.1) is 11.0 Å². The van der Waals surface area contributed by atoms with Crippen LogP contribution in [0.1, 0.15) is 39.5 Å². The molecule has 1 aliphatic heterocycles. The number of hydrogen-bond donors (Lipinski definition) is 1. The Morgan fingerprint density at radius 1 is 0.941 bits per heavy atom. The highest BCUT2D eigenvalue weighted by atomic mass is 32.1. The lowest BCUT2D eigenvalue weighted by molar-refractivity contribution is -0.268. The molecule has 34 heavy (non-hydrogen) atoms. The molecule has 0 bridgehead atoms. The largest absolute Gasteiger partial charge is 0.463 e. The number of hydrogen-bond acceptors (Lipinski definition) is 10. The fraction of sp³-hybridized carbons (Fsp3) is 0.500. The van der Waals surface area contributed by atoms with Crippen molar-refractivity contribution in [1.82, 2.24) is 9.55 Å². The van der Waals surface area contributed by atoms with Crippen molar-refractivity contribution in [2.24, 2.45) is 0 Å². The van der Waals surface area contributed by atoms with Crippen LogP contribution in [0.4, 0.5) is 0 Å². The van der Waals surface area contributed by atoms with Gasteiger partial charge in [0.2, 0.25) is 0 Å². The van der Waals surface area contributed by atoms with E-state index in [0.717, 1.165) is 5.56 Å². The smallest absolute Gasteiger partial charge is 0.303 e. The molecular weight excluding hydrogens is 468 g/mol. The standard InChI is InChI=1S/C22H26N2O9S/c1-10-6-7-16-15(8-10)23-22(34)24(16)21-20(32-14(5)28)19(31-13(4)27)18(30-12(3)26)17(33-21)9-29-11(2)25/h6-8,17-21H,9H2,1-5H3,(H,23,34)/t17-,18-,19+,20-,21-/m1/s1. The van der Waals surface area contributed by atoms with Gasteiger partial charge in [-0.1, -0.05) is 6.07 Å². The third-order valence-electron chi connectivity index (χ3n) is 5.09. The molecule has 0 radical (unpaired) electrons. The molecule has 3 rings (SSSR count). The predicted molar refractivity (Wildman–Crippen MR) is 119 cm³/mol. The lowest BCUT2D eigenvalue weighted by Crippen LogP contribution is -2.60. The zero-order chi connectivity index (χ0) is 25.2. The second kappa shape index (κ2) is 10.3. The molecule has 0 spiro atoms. The van der Waals surface area contributed by atoms with Crippen LogP contribution in [0.5, 0.6) is 0 Å². The molecular formula is C22H26N2O9S. The number of aryl methyl sites for hydroxylation is 1. The molecule has 1 aromatic carbocycles. The summed E-state index contributed by atoms with van der Waals surface area (Å²) in [5, 5.41) is 0. The Morgan fingerprint density at radius 2 is 1.53 bits per heavy atom. The average molecular weight is 495 g/mol. The maximum atomic E-state index is 12.0. The van der Waals surface area contributed by atoms with Crippen LogP contribution in [-0.4, -0.2) is 64.5 Å². The lowest BCUT2D eigenvalue weighted by atomic mass is 9.97. The van der Waals surface area contributed by atoms with E-state index in [4.69, 9.17) is 35.9 Å². The van der Waals surface area contributed by atoms with Crippen LogP contribution in [0.3, 0.4) is 0 Å². The van der Waals surface area contributed by atoms with Crippen LogP contribution in [0, 0.1) is 11.7 Å². The van der Waals surface area contributed by atoms with Crippen molar-refractivity contribution >= 4 is 47.1 Å². The van der Waals surface area contributed by atoms with E-state index in [1.807, 2.05) is 25.1 Å². The summed E-state index contributed by atoms with van der Waals surface area (Å²) in [5.74, 6) is -2.67. The highest BCUT2D eigenvalue weighted by Crippen LogP contribution is 2.36. The van der Waals surface area contributed by atoms with Gasteiger partial charge in [-0.3, -0.25) is 23.7 Å². The van der Waals surface area contributed by atoms with E-state index in [9.17, 15) is 19.2 Å². The Hall–Kier alpha value is -3.25. The van der Waals surface area contributed by atoms with Crippen LogP contribution in [-0.2, 0) is 42.9 Å². The number of carbonyl (C=O) groups excluding carboxylic acids is 4. The molecule has 0 amide bonds. The number of aromatic nitrogens is 2. The molecule has 0 unspecified atom stereocenters. The van der Waals surface area contributed by atoms with Gasteiger partial charge < -0.3 is 28.7 Å². The van der Waals surface area contributed by atoms with E-state index in [0.29, 0.717) is 11.0 Å². The van der Waals surface area contributed by atoms with Gasteiger partial charge in [-0.05, 0) is 36.8 Å². The van der Waals surface area contributed by atoms with Gasteiger partial charge in [0.25, 0.3) is 0 Å². The third-order valence-corrected chi connectivity index (χ3v) is 5.39. The van der Waals surface area contributed by atoms with E-state index < -0.39 is 54.5 Å². The van der Waals surface area contributed by atoms with Crippen molar-refractivity contribution < 1.29 is 42.9 Å². The van der Waals surface area contributed by atoms with Crippen LogP contribution in [0.25, 0.3) is 11.0 Å². The van der Waals surface area contributed by atoms with E-state index in [1.54, 1.807) is 4.57 Å². The van der Waals surface area contributed by atoms with Crippen LogP contribution in [0.2, 0.25) is 0 Å². The van der Waals surface area contributed by atoms with Crippen LogP contribution in [0.15, 0.2) is 18.2 Å². The number of benzene rings is 1. The first kappa shape index (κ1) is 25.4. The second-order valence-electron chi connectivity index (χ2n) is 7.91. The minimum Gasteiger partial charge on any atom is -0.463 e. The Kier molecular flexibility index (Phi) is 7.72. The molecule has 1 fully saturated rings. The Morgan fingerprint density at radius 3 is 2.12 bits per heavy atom. The summed E-state index contributed by atoms with van der Waals surface area (Å²) in [4.78, 5) is 50.5. The average Bonchev–Trinajstić information content (AvgIpc) is 3.03. The summed E-state index contributed by atoms with van der Waals surface area (Å²) in [7, 11) is 0. The molecule has 1 saturated heterocycles. The monoisotopic (exact) mass is 494 g/mol. The van der Waals surface area contributed by atoms with E-state index in [2.05, 4.69) is 4.98 Å². The van der Waals surface area contributed by atoms with Crippen molar-refractivity contribution in [3.05, 3.63) is 28.5 Å². The second-order valence-corrected chi connectivity index (χ2v) is 8.30. The number of ether oxygens (including phenoxy) is 5. The molecule has 12 heteroatoms. The summed E-state index contributed by atoms with van der Waals surface area (Å²) in [6.45, 7) is 6.33. The number of fused-ring (bicyclic) bond motifs is 1. The van der Waals surface area contributed by atoms with Gasteiger partial charge in [0, 0.05) is 27.7 Å². The summed E-state index contributed by atoms with van der Waals surface area (Å²) < 4.78 is 29.6. The first-order valence-electron chi connectivity index (χ1n) is 10.5. The van der Waals surface area contributed by atoms with Gasteiger partial charge >= 0.3 is 23.9 Å². The Labute approximate surface area is 200 Å². The first-order chi connectivity index (χ1) is 16.0. The van der Waals surface area contributed by atoms with Crippen LogP contribution >= 0.6 is 12.2 Å². The summed E-state index contributed by atoms with van der Waals surface area (Å²) in [5.41, 5.74) is 2.33. The zero-order valence-corrected chi connectivity index (χ0v) is 20.2. The summed E-state index contributed by atoms with van der Waals surface area (Å²) in [6, 6.07) is 5.56. The van der Waals surface area contributed by atoms with E-state index in [1.165, 1.54) is 27.7 Å². The van der Waals surface area contributed by atoms with Gasteiger partial charge in [0.1, 0.15) is 12.7 Å². The van der Waals surface area contributed by atoms with Crippen molar-refractivity contribution in [1.29, 1.82) is 0 Å².